The second-order valence-electron chi connectivity index (χ2n) is 8.95. The van der Waals surface area contributed by atoms with Gasteiger partial charge in [0.25, 0.3) is 11.5 Å². The van der Waals surface area contributed by atoms with Crippen LogP contribution in [0.25, 0.3) is 10.9 Å². The molecule has 8 nitrogen and oxygen atoms in total. The van der Waals surface area contributed by atoms with E-state index in [0.29, 0.717) is 29.6 Å². The van der Waals surface area contributed by atoms with E-state index in [1.54, 1.807) is 19.1 Å². The summed E-state index contributed by atoms with van der Waals surface area (Å²) in [7, 11) is 0. The number of hydrogen-bond acceptors (Lipinski definition) is 4. The highest BCUT2D eigenvalue weighted by molar-refractivity contribution is 6.13. The van der Waals surface area contributed by atoms with Crippen molar-refractivity contribution in [2.45, 2.75) is 39.3 Å². The Morgan fingerprint density at radius 1 is 1.03 bits per heavy atom. The SMILES string of the molecule is CCn1c(=O)[nH]c2cc(C(=O)N3c4ccccc4CCC3C(=O)Nc3ccc(C)cc3)ccc2c1=O. The lowest BCUT2D eigenvalue weighted by Gasteiger charge is -2.36. The van der Waals surface area contributed by atoms with E-state index in [-0.39, 0.29) is 29.4 Å². The Morgan fingerprint density at radius 3 is 2.53 bits per heavy atom. The molecule has 0 bridgehead atoms. The summed E-state index contributed by atoms with van der Waals surface area (Å²) >= 11 is 0. The third-order valence-corrected chi connectivity index (χ3v) is 6.64. The number of aromatic amines is 1. The van der Waals surface area contributed by atoms with E-state index in [4.69, 9.17) is 0 Å². The molecule has 0 fully saturated rings. The fraction of sp³-hybridized carbons (Fsp3) is 0.214. The number of aromatic nitrogens is 2. The van der Waals surface area contributed by atoms with Crippen molar-refractivity contribution in [3.05, 3.63) is 104 Å². The molecule has 1 aromatic heterocycles. The standard InChI is InChI=1S/C28H26N4O4/c1-3-31-27(35)21-14-10-19(16-22(21)30-28(31)36)26(34)32-23-7-5-4-6-18(23)11-15-24(32)25(33)29-20-12-8-17(2)9-13-20/h4-10,12-14,16,24H,3,11,15H2,1-2H3,(H,29,33)(H,30,36). The molecule has 0 saturated carbocycles. The maximum absolute atomic E-state index is 13.9. The average molecular weight is 483 g/mol. The van der Waals surface area contributed by atoms with Crippen LogP contribution in [0.1, 0.15) is 34.8 Å². The first-order valence-electron chi connectivity index (χ1n) is 11.9. The van der Waals surface area contributed by atoms with Crippen molar-refractivity contribution in [2.24, 2.45) is 0 Å². The van der Waals surface area contributed by atoms with Gasteiger partial charge in [0, 0.05) is 23.5 Å². The summed E-state index contributed by atoms with van der Waals surface area (Å²) < 4.78 is 1.11. The van der Waals surface area contributed by atoms with Crippen LogP contribution in [0, 0.1) is 6.92 Å². The lowest BCUT2D eigenvalue weighted by Crippen LogP contribution is -2.50. The van der Waals surface area contributed by atoms with Crippen molar-refractivity contribution in [1.82, 2.24) is 9.55 Å². The average Bonchev–Trinajstić information content (AvgIpc) is 2.88. The number of rotatable bonds is 4. The summed E-state index contributed by atoms with van der Waals surface area (Å²) in [6.07, 6.45) is 1.12. The predicted octanol–water partition coefficient (Wildman–Crippen LogP) is 3.62. The summed E-state index contributed by atoms with van der Waals surface area (Å²) in [5.41, 5.74) is 3.01. The molecule has 2 heterocycles. The monoisotopic (exact) mass is 482 g/mol. The molecule has 0 radical (unpaired) electrons. The molecule has 8 heteroatoms. The Balaban J connectivity index is 1.55. The van der Waals surface area contributed by atoms with Gasteiger partial charge in [0.05, 0.1) is 10.9 Å². The quantitative estimate of drug-likeness (QED) is 0.464. The molecule has 1 aliphatic heterocycles. The van der Waals surface area contributed by atoms with E-state index < -0.39 is 17.3 Å². The highest BCUT2D eigenvalue weighted by Gasteiger charge is 2.36. The van der Waals surface area contributed by atoms with Gasteiger partial charge in [-0.2, -0.15) is 0 Å². The number of nitrogens with one attached hydrogen (secondary N) is 2. The fourth-order valence-electron chi connectivity index (χ4n) is 4.72. The smallest absolute Gasteiger partial charge is 0.324 e. The van der Waals surface area contributed by atoms with E-state index in [2.05, 4.69) is 10.3 Å². The van der Waals surface area contributed by atoms with Gasteiger partial charge in [0.2, 0.25) is 5.91 Å². The van der Waals surface area contributed by atoms with Crippen LogP contribution in [0.15, 0.2) is 76.3 Å². The minimum Gasteiger partial charge on any atom is -0.324 e. The zero-order valence-electron chi connectivity index (χ0n) is 20.1. The fourth-order valence-corrected chi connectivity index (χ4v) is 4.72. The molecule has 2 amide bonds. The lowest BCUT2D eigenvalue weighted by atomic mass is 9.94. The van der Waals surface area contributed by atoms with E-state index in [0.717, 1.165) is 15.7 Å². The van der Waals surface area contributed by atoms with Crippen molar-refractivity contribution < 1.29 is 9.59 Å². The number of nitrogens with zero attached hydrogens (tertiary/aromatic N) is 2. The number of anilines is 2. The molecular weight excluding hydrogens is 456 g/mol. The summed E-state index contributed by atoms with van der Waals surface area (Å²) in [5, 5.41) is 3.26. The number of benzene rings is 3. The number of carbonyl (C=O) groups excluding carboxylic acids is 2. The molecule has 0 spiro atoms. The van der Waals surface area contributed by atoms with Gasteiger partial charge in [-0.15, -0.1) is 0 Å². The molecule has 1 atom stereocenters. The molecule has 0 saturated heterocycles. The Morgan fingerprint density at radius 2 is 1.78 bits per heavy atom. The first-order chi connectivity index (χ1) is 17.4. The third-order valence-electron chi connectivity index (χ3n) is 6.64. The van der Waals surface area contributed by atoms with E-state index in [1.807, 2.05) is 55.5 Å². The van der Waals surface area contributed by atoms with Crippen molar-refractivity contribution in [2.75, 3.05) is 10.2 Å². The van der Waals surface area contributed by atoms with Gasteiger partial charge in [0.15, 0.2) is 0 Å². The number of para-hydroxylation sites is 1. The summed E-state index contributed by atoms with van der Waals surface area (Å²) in [5.74, 6) is -0.657. The molecule has 3 aromatic carbocycles. The molecule has 5 rings (SSSR count). The van der Waals surface area contributed by atoms with Crippen LogP contribution in [0.3, 0.4) is 0 Å². The summed E-state index contributed by atoms with van der Waals surface area (Å²) in [6, 6.07) is 18.9. The zero-order chi connectivity index (χ0) is 25.4. The summed E-state index contributed by atoms with van der Waals surface area (Å²) in [4.78, 5) is 56.5. The van der Waals surface area contributed by atoms with Crippen LogP contribution < -0.4 is 21.5 Å². The summed E-state index contributed by atoms with van der Waals surface area (Å²) in [6.45, 7) is 3.93. The first-order valence-corrected chi connectivity index (χ1v) is 11.9. The molecule has 1 unspecified atom stereocenters. The van der Waals surface area contributed by atoms with E-state index in [1.165, 1.54) is 11.0 Å². The van der Waals surface area contributed by atoms with Crippen LogP contribution in [-0.4, -0.2) is 27.4 Å². The van der Waals surface area contributed by atoms with Gasteiger partial charge in [-0.3, -0.25) is 23.9 Å². The molecular formula is C28H26N4O4. The topological polar surface area (TPSA) is 104 Å². The van der Waals surface area contributed by atoms with Crippen molar-refractivity contribution in [1.29, 1.82) is 0 Å². The maximum Gasteiger partial charge on any atom is 0.328 e. The largest absolute Gasteiger partial charge is 0.328 e. The molecule has 0 aliphatic carbocycles. The Labute approximate surface area is 207 Å². The Hall–Kier alpha value is -4.46. The highest BCUT2D eigenvalue weighted by atomic mass is 16.2. The van der Waals surface area contributed by atoms with Crippen LogP contribution in [0.5, 0.6) is 0 Å². The van der Waals surface area contributed by atoms with Gasteiger partial charge in [0.1, 0.15) is 6.04 Å². The number of aryl methyl sites for hydroxylation is 2. The molecule has 36 heavy (non-hydrogen) atoms. The van der Waals surface area contributed by atoms with Crippen LogP contribution in [0.2, 0.25) is 0 Å². The molecule has 4 aromatic rings. The number of H-pyrrole nitrogens is 1. The minimum absolute atomic E-state index is 0.243. The highest BCUT2D eigenvalue weighted by Crippen LogP contribution is 2.33. The van der Waals surface area contributed by atoms with Crippen molar-refractivity contribution in [3.8, 4) is 0 Å². The number of amides is 2. The van der Waals surface area contributed by atoms with Gasteiger partial charge < -0.3 is 10.3 Å². The second-order valence-corrected chi connectivity index (χ2v) is 8.95. The van der Waals surface area contributed by atoms with Gasteiger partial charge in [-0.05, 0) is 68.7 Å². The van der Waals surface area contributed by atoms with Crippen LogP contribution >= 0.6 is 0 Å². The Kier molecular flexibility index (Phi) is 6.01. The normalized spacial score (nSPS) is 14.9. The first kappa shape index (κ1) is 23.3. The van der Waals surface area contributed by atoms with E-state index >= 15 is 0 Å². The molecule has 2 N–H and O–H groups in total. The zero-order valence-corrected chi connectivity index (χ0v) is 20.1. The Bertz CT molecular complexity index is 1600. The van der Waals surface area contributed by atoms with Gasteiger partial charge in [-0.1, -0.05) is 35.9 Å². The van der Waals surface area contributed by atoms with Crippen LogP contribution in [0.4, 0.5) is 11.4 Å². The number of fused-ring (bicyclic) bond motifs is 2. The van der Waals surface area contributed by atoms with Crippen LogP contribution in [-0.2, 0) is 17.8 Å². The lowest BCUT2D eigenvalue weighted by molar-refractivity contribution is -0.117. The third kappa shape index (κ3) is 4.11. The maximum atomic E-state index is 13.9. The minimum atomic E-state index is -0.725. The second kappa shape index (κ2) is 9.30. The molecule has 182 valence electrons. The van der Waals surface area contributed by atoms with Crippen molar-refractivity contribution >= 4 is 34.1 Å². The molecule has 1 aliphatic rings. The van der Waals surface area contributed by atoms with Gasteiger partial charge in [-0.25, -0.2) is 4.79 Å². The van der Waals surface area contributed by atoms with Crippen molar-refractivity contribution in [3.63, 3.8) is 0 Å². The van der Waals surface area contributed by atoms with E-state index in [9.17, 15) is 19.2 Å². The van der Waals surface area contributed by atoms with Gasteiger partial charge >= 0.3 is 5.69 Å². The number of hydrogen-bond donors (Lipinski definition) is 2. The number of carbonyl (C=O) groups is 2. The predicted molar refractivity (Wildman–Crippen MR) is 140 cm³/mol.